The zero-order valence-electron chi connectivity index (χ0n) is 12.3. The van der Waals surface area contributed by atoms with Crippen molar-refractivity contribution in [2.45, 2.75) is 25.9 Å². The maximum Gasteiger partial charge on any atom is 0.0534 e. The van der Waals surface area contributed by atoms with Crippen molar-refractivity contribution in [1.82, 2.24) is 20.0 Å². The third-order valence-electron chi connectivity index (χ3n) is 3.70. The molecule has 1 fully saturated rings. The standard InChI is InChI=1S/C14H26N4O/c1-4-15-14-5-6-19-11-13(14)10-17(2)8-12-7-16-18(3)9-12/h7,9,13-15H,4-6,8,10-11H2,1-3H3. The Hall–Kier alpha value is -0.910. The van der Waals surface area contributed by atoms with Gasteiger partial charge in [-0.2, -0.15) is 5.10 Å². The van der Waals surface area contributed by atoms with Crippen LogP contribution in [0.25, 0.3) is 0 Å². The zero-order valence-corrected chi connectivity index (χ0v) is 12.3. The molecular weight excluding hydrogens is 240 g/mol. The Kier molecular flexibility index (Phi) is 5.36. The second kappa shape index (κ2) is 7.03. The maximum absolute atomic E-state index is 5.63. The fourth-order valence-electron chi connectivity index (χ4n) is 2.84. The van der Waals surface area contributed by atoms with Crippen molar-refractivity contribution in [3.8, 4) is 0 Å². The number of aromatic nitrogens is 2. The van der Waals surface area contributed by atoms with Crippen LogP contribution in [0.1, 0.15) is 18.9 Å². The number of nitrogens with one attached hydrogen (secondary N) is 1. The van der Waals surface area contributed by atoms with Crippen molar-refractivity contribution in [2.24, 2.45) is 13.0 Å². The first-order chi connectivity index (χ1) is 9.19. The number of aryl methyl sites for hydroxylation is 1. The minimum atomic E-state index is 0.579. The lowest BCUT2D eigenvalue weighted by Gasteiger charge is -2.34. The van der Waals surface area contributed by atoms with Crippen molar-refractivity contribution in [3.05, 3.63) is 18.0 Å². The molecule has 2 unspecified atom stereocenters. The van der Waals surface area contributed by atoms with Gasteiger partial charge in [0, 0.05) is 50.5 Å². The minimum Gasteiger partial charge on any atom is -0.381 e. The Morgan fingerprint density at radius 1 is 1.58 bits per heavy atom. The summed E-state index contributed by atoms with van der Waals surface area (Å²) in [7, 11) is 4.13. The van der Waals surface area contributed by atoms with Gasteiger partial charge in [-0.3, -0.25) is 4.68 Å². The van der Waals surface area contributed by atoms with E-state index in [9.17, 15) is 0 Å². The third-order valence-corrected chi connectivity index (χ3v) is 3.70. The summed E-state index contributed by atoms with van der Waals surface area (Å²) in [6.07, 6.45) is 5.14. The molecule has 108 valence electrons. The normalized spacial score (nSPS) is 24.0. The van der Waals surface area contributed by atoms with Crippen LogP contribution in [0.2, 0.25) is 0 Å². The molecular formula is C14H26N4O. The van der Waals surface area contributed by atoms with Gasteiger partial charge in [-0.05, 0) is 20.0 Å². The van der Waals surface area contributed by atoms with Crippen molar-refractivity contribution in [3.63, 3.8) is 0 Å². The van der Waals surface area contributed by atoms with Crippen molar-refractivity contribution in [1.29, 1.82) is 0 Å². The van der Waals surface area contributed by atoms with Crippen LogP contribution >= 0.6 is 0 Å². The Morgan fingerprint density at radius 2 is 2.42 bits per heavy atom. The van der Waals surface area contributed by atoms with Crippen LogP contribution < -0.4 is 5.32 Å². The van der Waals surface area contributed by atoms with E-state index < -0.39 is 0 Å². The van der Waals surface area contributed by atoms with Gasteiger partial charge in [0.15, 0.2) is 0 Å². The molecule has 2 atom stereocenters. The molecule has 1 aromatic heterocycles. The molecule has 2 rings (SSSR count). The van der Waals surface area contributed by atoms with Crippen molar-refractivity contribution in [2.75, 3.05) is 33.4 Å². The van der Waals surface area contributed by atoms with E-state index in [0.717, 1.165) is 39.3 Å². The lowest BCUT2D eigenvalue weighted by molar-refractivity contribution is 0.0193. The summed E-state index contributed by atoms with van der Waals surface area (Å²) in [5.41, 5.74) is 1.27. The highest BCUT2D eigenvalue weighted by Crippen LogP contribution is 2.16. The Labute approximate surface area is 115 Å². The zero-order chi connectivity index (χ0) is 13.7. The topological polar surface area (TPSA) is 42.3 Å². The summed E-state index contributed by atoms with van der Waals surface area (Å²) < 4.78 is 7.49. The largest absolute Gasteiger partial charge is 0.381 e. The molecule has 5 heteroatoms. The van der Waals surface area contributed by atoms with Gasteiger partial charge in [0.1, 0.15) is 0 Å². The molecule has 0 saturated carbocycles. The van der Waals surface area contributed by atoms with Crippen molar-refractivity contribution < 1.29 is 4.74 Å². The molecule has 0 spiro atoms. The first-order valence-corrected chi connectivity index (χ1v) is 7.16. The average molecular weight is 266 g/mol. The highest BCUT2D eigenvalue weighted by atomic mass is 16.5. The number of rotatable bonds is 6. The van der Waals surface area contributed by atoms with Crippen LogP contribution in [0.5, 0.6) is 0 Å². The van der Waals surface area contributed by atoms with E-state index in [1.54, 1.807) is 0 Å². The van der Waals surface area contributed by atoms with Gasteiger partial charge in [0.25, 0.3) is 0 Å². The molecule has 5 nitrogen and oxygen atoms in total. The van der Waals surface area contributed by atoms with E-state index in [2.05, 4.69) is 35.5 Å². The smallest absolute Gasteiger partial charge is 0.0534 e. The highest BCUT2D eigenvalue weighted by molar-refractivity contribution is 5.03. The van der Waals surface area contributed by atoms with Gasteiger partial charge in [-0.25, -0.2) is 0 Å². The minimum absolute atomic E-state index is 0.579. The molecule has 1 saturated heterocycles. The molecule has 1 aliphatic rings. The van der Waals surface area contributed by atoms with Gasteiger partial charge < -0.3 is 15.0 Å². The first-order valence-electron chi connectivity index (χ1n) is 7.16. The Morgan fingerprint density at radius 3 is 3.11 bits per heavy atom. The number of hydrogen-bond donors (Lipinski definition) is 1. The summed E-state index contributed by atoms with van der Waals surface area (Å²) in [5, 5.41) is 7.80. The van der Waals surface area contributed by atoms with Crippen molar-refractivity contribution >= 4 is 0 Å². The van der Waals surface area contributed by atoms with E-state index in [4.69, 9.17) is 4.74 Å². The third kappa shape index (κ3) is 4.30. The Bertz CT molecular complexity index is 377. The average Bonchev–Trinajstić information content (AvgIpc) is 2.77. The molecule has 0 aromatic carbocycles. The molecule has 1 aromatic rings. The van der Waals surface area contributed by atoms with Crippen LogP contribution in [-0.2, 0) is 18.3 Å². The van der Waals surface area contributed by atoms with Gasteiger partial charge in [0.2, 0.25) is 0 Å². The lowest BCUT2D eigenvalue weighted by atomic mass is 9.95. The lowest BCUT2D eigenvalue weighted by Crippen LogP contribution is -2.47. The molecule has 2 heterocycles. The van der Waals surface area contributed by atoms with Crippen LogP contribution in [0.15, 0.2) is 12.4 Å². The molecule has 19 heavy (non-hydrogen) atoms. The van der Waals surface area contributed by atoms with Crippen LogP contribution in [0.3, 0.4) is 0 Å². The summed E-state index contributed by atoms with van der Waals surface area (Å²) in [4.78, 5) is 2.36. The second-order valence-electron chi connectivity index (χ2n) is 5.51. The van der Waals surface area contributed by atoms with Gasteiger partial charge in [-0.1, -0.05) is 6.92 Å². The maximum atomic E-state index is 5.63. The molecule has 1 N–H and O–H groups in total. The summed E-state index contributed by atoms with van der Waals surface area (Å²) in [5.74, 6) is 0.579. The van der Waals surface area contributed by atoms with E-state index in [1.807, 2.05) is 17.9 Å². The van der Waals surface area contributed by atoms with Crippen LogP contribution in [0.4, 0.5) is 0 Å². The molecule has 1 aliphatic heterocycles. The fraction of sp³-hybridized carbons (Fsp3) is 0.786. The van der Waals surface area contributed by atoms with E-state index in [1.165, 1.54) is 5.56 Å². The molecule has 0 aliphatic carbocycles. The number of nitrogens with zero attached hydrogens (tertiary/aromatic N) is 3. The first kappa shape index (κ1) is 14.5. The molecule has 0 amide bonds. The van der Waals surface area contributed by atoms with E-state index >= 15 is 0 Å². The van der Waals surface area contributed by atoms with Gasteiger partial charge in [-0.15, -0.1) is 0 Å². The fourth-order valence-corrected chi connectivity index (χ4v) is 2.84. The quantitative estimate of drug-likeness (QED) is 0.829. The highest BCUT2D eigenvalue weighted by Gasteiger charge is 2.25. The van der Waals surface area contributed by atoms with Gasteiger partial charge in [0.05, 0.1) is 12.8 Å². The second-order valence-corrected chi connectivity index (χ2v) is 5.51. The van der Waals surface area contributed by atoms with E-state index in [0.29, 0.717) is 12.0 Å². The van der Waals surface area contributed by atoms with Crippen LogP contribution in [-0.4, -0.2) is 54.1 Å². The predicted molar refractivity (Wildman–Crippen MR) is 75.9 cm³/mol. The Balaban J connectivity index is 1.84. The number of ether oxygens (including phenoxy) is 1. The van der Waals surface area contributed by atoms with E-state index in [-0.39, 0.29) is 0 Å². The molecule has 0 bridgehead atoms. The van der Waals surface area contributed by atoms with Gasteiger partial charge >= 0.3 is 0 Å². The number of hydrogen-bond acceptors (Lipinski definition) is 4. The summed E-state index contributed by atoms with van der Waals surface area (Å²) >= 11 is 0. The monoisotopic (exact) mass is 266 g/mol. The summed E-state index contributed by atoms with van der Waals surface area (Å²) in [6.45, 7) is 6.98. The molecule has 0 radical (unpaired) electrons. The predicted octanol–water partition coefficient (Wildman–Crippen LogP) is 0.867. The SMILES string of the molecule is CCNC1CCOCC1CN(C)Cc1cnn(C)c1. The summed E-state index contributed by atoms with van der Waals surface area (Å²) in [6, 6.07) is 0.593. The van der Waals surface area contributed by atoms with Crippen LogP contribution in [0, 0.1) is 5.92 Å².